The zero-order valence-corrected chi connectivity index (χ0v) is 40.0. The van der Waals surface area contributed by atoms with Gasteiger partial charge in [-0.25, -0.2) is 0 Å². The Morgan fingerprint density at radius 3 is 1.03 bits per heavy atom. The summed E-state index contributed by atoms with van der Waals surface area (Å²) in [6, 6.07) is -0.545. The van der Waals surface area contributed by atoms with Crippen molar-refractivity contribution < 1.29 is 24.5 Å². The number of carbonyl (C=O) groups is 2. The molecule has 0 bridgehead atoms. The van der Waals surface area contributed by atoms with Crippen molar-refractivity contribution in [3.05, 3.63) is 0 Å². The molecule has 0 aliphatic carbocycles. The number of nitrogens with one attached hydrogen (secondary N) is 1. The number of aliphatic hydroxyl groups is 2. The van der Waals surface area contributed by atoms with Gasteiger partial charge in [0.05, 0.1) is 25.4 Å². The lowest BCUT2D eigenvalue weighted by atomic mass is 10.0. The van der Waals surface area contributed by atoms with Crippen LogP contribution in [0.15, 0.2) is 0 Å². The van der Waals surface area contributed by atoms with Crippen LogP contribution in [0.2, 0.25) is 0 Å². The van der Waals surface area contributed by atoms with E-state index in [9.17, 15) is 19.8 Å². The van der Waals surface area contributed by atoms with Gasteiger partial charge >= 0.3 is 5.97 Å². The second-order valence-corrected chi connectivity index (χ2v) is 18.6. The smallest absolute Gasteiger partial charge is 0.305 e. The number of hydrogen-bond donors (Lipinski definition) is 3. The first-order chi connectivity index (χ1) is 29.0. The molecule has 59 heavy (non-hydrogen) atoms. The van der Waals surface area contributed by atoms with Gasteiger partial charge in [0.2, 0.25) is 5.91 Å². The molecule has 0 fully saturated rings. The summed E-state index contributed by atoms with van der Waals surface area (Å²) < 4.78 is 5.48. The Morgan fingerprint density at radius 2 is 0.695 bits per heavy atom. The topological polar surface area (TPSA) is 95.9 Å². The summed E-state index contributed by atoms with van der Waals surface area (Å²) in [6.07, 6.45) is 55.1. The molecule has 6 nitrogen and oxygen atoms in total. The molecule has 352 valence electrons. The van der Waals surface area contributed by atoms with Crippen molar-refractivity contribution in [1.82, 2.24) is 5.32 Å². The van der Waals surface area contributed by atoms with Crippen LogP contribution in [0.5, 0.6) is 0 Å². The summed E-state index contributed by atoms with van der Waals surface area (Å²) in [5, 5.41) is 23.1. The van der Waals surface area contributed by atoms with E-state index in [2.05, 4.69) is 19.2 Å². The van der Waals surface area contributed by atoms with E-state index in [4.69, 9.17) is 4.74 Å². The van der Waals surface area contributed by atoms with Gasteiger partial charge in [0.25, 0.3) is 0 Å². The van der Waals surface area contributed by atoms with Crippen LogP contribution in [0, 0.1) is 0 Å². The normalized spacial score (nSPS) is 12.5. The third-order valence-electron chi connectivity index (χ3n) is 12.7. The molecule has 0 aromatic carbocycles. The maximum atomic E-state index is 12.4. The minimum absolute atomic E-state index is 0.00458. The minimum atomic E-state index is -0.667. The number of rotatable bonds is 50. The highest BCUT2D eigenvalue weighted by Gasteiger charge is 2.20. The Hall–Kier alpha value is -1.14. The molecule has 0 saturated carbocycles. The Labute approximate surface area is 368 Å². The van der Waals surface area contributed by atoms with Gasteiger partial charge in [0.1, 0.15) is 0 Å². The van der Waals surface area contributed by atoms with Crippen molar-refractivity contribution in [2.24, 2.45) is 0 Å². The average Bonchev–Trinajstić information content (AvgIpc) is 3.24. The lowest BCUT2D eigenvalue weighted by molar-refractivity contribution is -0.143. The Morgan fingerprint density at radius 1 is 0.407 bits per heavy atom. The fourth-order valence-corrected chi connectivity index (χ4v) is 8.52. The minimum Gasteiger partial charge on any atom is -0.466 e. The highest BCUT2D eigenvalue weighted by atomic mass is 16.5. The van der Waals surface area contributed by atoms with Crippen molar-refractivity contribution in [2.45, 2.75) is 315 Å². The van der Waals surface area contributed by atoms with Crippen molar-refractivity contribution in [2.75, 3.05) is 13.2 Å². The van der Waals surface area contributed by atoms with Gasteiger partial charge in [-0.1, -0.05) is 264 Å². The van der Waals surface area contributed by atoms with Gasteiger partial charge in [-0.3, -0.25) is 9.59 Å². The van der Waals surface area contributed by atoms with Crippen LogP contribution in [-0.2, 0) is 14.3 Å². The third-order valence-corrected chi connectivity index (χ3v) is 12.7. The number of hydrogen-bond acceptors (Lipinski definition) is 5. The van der Waals surface area contributed by atoms with E-state index < -0.39 is 12.1 Å². The molecule has 2 unspecified atom stereocenters. The standard InChI is InChI=1S/C53H105NO5/c1-3-5-7-9-11-13-15-16-17-20-23-27-31-35-39-43-47-53(58)59-48-44-40-36-32-28-24-21-18-19-22-26-30-34-38-42-46-52(57)54-50(49-55)51(56)45-41-37-33-29-25-14-12-10-8-6-4-2/h50-51,55-56H,3-49H2,1-2H3,(H,54,57). The quantitative estimate of drug-likeness (QED) is 0.0419. The van der Waals surface area contributed by atoms with Crippen molar-refractivity contribution >= 4 is 11.9 Å². The van der Waals surface area contributed by atoms with Crippen LogP contribution in [0.3, 0.4) is 0 Å². The van der Waals surface area contributed by atoms with E-state index >= 15 is 0 Å². The molecule has 0 spiro atoms. The van der Waals surface area contributed by atoms with E-state index in [1.54, 1.807) is 0 Å². The van der Waals surface area contributed by atoms with E-state index in [0.717, 1.165) is 44.9 Å². The number of aliphatic hydroxyl groups excluding tert-OH is 2. The van der Waals surface area contributed by atoms with Gasteiger partial charge in [-0.05, 0) is 25.7 Å². The number of ether oxygens (including phenoxy) is 1. The van der Waals surface area contributed by atoms with Crippen LogP contribution >= 0.6 is 0 Å². The van der Waals surface area contributed by atoms with Gasteiger partial charge in [-0.2, -0.15) is 0 Å². The molecule has 0 rings (SSSR count). The van der Waals surface area contributed by atoms with Crippen molar-refractivity contribution in [3.63, 3.8) is 0 Å². The van der Waals surface area contributed by atoms with Gasteiger partial charge in [0, 0.05) is 12.8 Å². The largest absolute Gasteiger partial charge is 0.466 e. The first-order valence-electron chi connectivity index (χ1n) is 26.8. The SMILES string of the molecule is CCCCCCCCCCCCCCCCCCC(=O)OCCCCCCCCCCCCCCCCCC(=O)NC(CO)C(O)CCCCCCCCCCCCC. The molecule has 0 saturated heterocycles. The maximum absolute atomic E-state index is 12.4. The molecule has 0 heterocycles. The number of esters is 1. The van der Waals surface area contributed by atoms with E-state index in [-0.39, 0.29) is 18.5 Å². The Balaban J connectivity index is 3.39. The molecule has 0 aromatic rings. The molecule has 6 heteroatoms. The fraction of sp³-hybridized carbons (Fsp3) is 0.962. The van der Waals surface area contributed by atoms with Gasteiger partial charge in [-0.15, -0.1) is 0 Å². The zero-order valence-electron chi connectivity index (χ0n) is 40.0. The van der Waals surface area contributed by atoms with Crippen LogP contribution < -0.4 is 5.32 Å². The Bertz CT molecular complexity index is 837. The summed E-state index contributed by atoms with van der Waals surface area (Å²) >= 11 is 0. The first kappa shape index (κ1) is 57.9. The summed E-state index contributed by atoms with van der Waals surface area (Å²) in [5.74, 6) is -0.0384. The number of amides is 1. The predicted octanol–water partition coefficient (Wildman–Crippen LogP) is 16.0. The summed E-state index contributed by atoms with van der Waals surface area (Å²) in [7, 11) is 0. The summed E-state index contributed by atoms with van der Waals surface area (Å²) in [4.78, 5) is 24.5. The zero-order chi connectivity index (χ0) is 43.0. The molecule has 0 aliphatic rings. The van der Waals surface area contributed by atoms with E-state index in [0.29, 0.717) is 25.9 Å². The van der Waals surface area contributed by atoms with Gasteiger partial charge in [0.15, 0.2) is 0 Å². The maximum Gasteiger partial charge on any atom is 0.305 e. The molecule has 3 N–H and O–H groups in total. The fourth-order valence-electron chi connectivity index (χ4n) is 8.52. The number of carbonyl (C=O) groups excluding carboxylic acids is 2. The highest BCUT2D eigenvalue weighted by Crippen LogP contribution is 2.17. The summed E-state index contributed by atoms with van der Waals surface area (Å²) in [5.41, 5.74) is 0. The molecule has 0 aromatic heterocycles. The molecule has 1 amide bonds. The Kier molecular flexibility index (Phi) is 48.6. The molecule has 2 atom stereocenters. The van der Waals surface area contributed by atoms with Crippen LogP contribution in [0.4, 0.5) is 0 Å². The monoisotopic (exact) mass is 836 g/mol. The average molecular weight is 836 g/mol. The summed E-state index contributed by atoms with van der Waals surface area (Å²) in [6.45, 7) is 4.94. The predicted molar refractivity (Wildman–Crippen MR) is 255 cm³/mol. The van der Waals surface area contributed by atoms with Crippen LogP contribution in [0.25, 0.3) is 0 Å². The second kappa shape index (κ2) is 49.5. The molecule has 0 aliphatic heterocycles. The van der Waals surface area contributed by atoms with Crippen molar-refractivity contribution in [3.8, 4) is 0 Å². The molecule has 0 radical (unpaired) electrons. The van der Waals surface area contributed by atoms with Crippen LogP contribution in [0.1, 0.15) is 303 Å². The first-order valence-corrected chi connectivity index (χ1v) is 26.8. The van der Waals surface area contributed by atoms with Crippen LogP contribution in [-0.4, -0.2) is 47.4 Å². The lowest BCUT2D eigenvalue weighted by Crippen LogP contribution is -2.45. The molecular weight excluding hydrogens is 731 g/mol. The van der Waals surface area contributed by atoms with Gasteiger partial charge < -0.3 is 20.3 Å². The van der Waals surface area contributed by atoms with E-state index in [1.165, 1.54) is 225 Å². The second-order valence-electron chi connectivity index (χ2n) is 18.6. The third kappa shape index (κ3) is 46.2. The molecular formula is C53H105NO5. The number of unbranched alkanes of at least 4 members (excludes halogenated alkanes) is 39. The van der Waals surface area contributed by atoms with Crippen molar-refractivity contribution in [1.29, 1.82) is 0 Å². The van der Waals surface area contributed by atoms with E-state index in [1.807, 2.05) is 0 Å². The highest BCUT2D eigenvalue weighted by molar-refractivity contribution is 5.76. The lowest BCUT2D eigenvalue weighted by Gasteiger charge is -2.22.